The van der Waals surface area contributed by atoms with E-state index in [1.165, 1.54) is 4.88 Å². The van der Waals surface area contributed by atoms with Gasteiger partial charge in [0.05, 0.1) is 6.10 Å². The van der Waals surface area contributed by atoms with Gasteiger partial charge in [0.2, 0.25) is 0 Å². The topological polar surface area (TPSA) is 29.5 Å². The van der Waals surface area contributed by atoms with Crippen LogP contribution in [0.25, 0.3) is 0 Å². The summed E-state index contributed by atoms with van der Waals surface area (Å²) < 4.78 is 39.6. The van der Waals surface area contributed by atoms with E-state index in [2.05, 4.69) is 4.74 Å². The first-order chi connectivity index (χ1) is 7.97. The molecule has 0 saturated heterocycles. The van der Waals surface area contributed by atoms with Crippen LogP contribution < -0.4 is 0 Å². The van der Waals surface area contributed by atoms with Crippen LogP contribution in [0.3, 0.4) is 0 Å². The molecule has 0 fully saturated rings. The highest BCUT2D eigenvalue weighted by molar-refractivity contribution is 7.09. The van der Waals surface area contributed by atoms with Crippen LogP contribution >= 0.6 is 11.3 Å². The molecule has 0 amide bonds. The molecule has 1 unspecified atom stereocenters. The summed E-state index contributed by atoms with van der Waals surface area (Å²) in [5.41, 5.74) is 0. The van der Waals surface area contributed by atoms with Crippen molar-refractivity contribution in [3.63, 3.8) is 0 Å². The van der Waals surface area contributed by atoms with Crippen molar-refractivity contribution >= 4 is 11.3 Å². The summed E-state index contributed by atoms with van der Waals surface area (Å²) >= 11 is 1.61. The molecule has 0 aromatic carbocycles. The van der Waals surface area contributed by atoms with Crippen molar-refractivity contribution in [2.75, 3.05) is 13.2 Å². The monoisotopic (exact) mass is 268 g/mol. The van der Waals surface area contributed by atoms with Crippen LogP contribution in [-0.4, -0.2) is 30.6 Å². The van der Waals surface area contributed by atoms with Crippen LogP contribution in [0.5, 0.6) is 0 Å². The van der Waals surface area contributed by atoms with E-state index in [1.54, 1.807) is 11.3 Å². The van der Waals surface area contributed by atoms with E-state index in [-0.39, 0.29) is 13.0 Å². The fourth-order valence-electron chi connectivity index (χ4n) is 1.32. The Balaban J connectivity index is 2.03. The van der Waals surface area contributed by atoms with Gasteiger partial charge in [-0.1, -0.05) is 6.07 Å². The molecule has 0 saturated carbocycles. The number of aliphatic hydroxyl groups is 1. The third-order valence-corrected chi connectivity index (χ3v) is 3.10. The molecule has 0 aliphatic carbocycles. The van der Waals surface area contributed by atoms with Gasteiger partial charge in [-0.25, -0.2) is 0 Å². The molecule has 1 N–H and O–H groups in total. The lowest BCUT2D eigenvalue weighted by Gasteiger charge is -2.11. The maximum Gasteiger partial charge on any atom is 0.411 e. The number of thiophene rings is 1. The van der Waals surface area contributed by atoms with E-state index < -0.39 is 18.9 Å². The predicted octanol–water partition coefficient (Wildman–Crippen LogP) is 3.01. The van der Waals surface area contributed by atoms with Crippen LogP contribution in [-0.2, 0) is 11.2 Å². The van der Waals surface area contributed by atoms with Crippen LogP contribution in [0, 0.1) is 0 Å². The van der Waals surface area contributed by atoms with E-state index in [0.29, 0.717) is 6.42 Å². The van der Waals surface area contributed by atoms with Gasteiger partial charge in [-0.15, -0.1) is 11.3 Å². The highest BCUT2D eigenvalue weighted by Gasteiger charge is 2.27. The molecule has 1 heterocycles. The SMILES string of the molecule is OC(CCOCC(F)(F)F)CCc1cccs1. The fraction of sp³-hybridized carbons (Fsp3) is 0.636. The molecular weight excluding hydrogens is 253 g/mol. The number of hydrogen-bond donors (Lipinski definition) is 1. The third-order valence-electron chi connectivity index (χ3n) is 2.17. The minimum absolute atomic E-state index is 0.0644. The molecule has 6 heteroatoms. The van der Waals surface area contributed by atoms with Crippen LogP contribution in [0.2, 0.25) is 0 Å². The number of rotatable bonds is 7. The van der Waals surface area contributed by atoms with Gasteiger partial charge >= 0.3 is 6.18 Å². The highest BCUT2D eigenvalue weighted by atomic mass is 32.1. The van der Waals surface area contributed by atoms with Gasteiger partial charge in [0.1, 0.15) is 6.61 Å². The number of halogens is 3. The predicted molar refractivity (Wildman–Crippen MR) is 60.1 cm³/mol. The Morgan fingerprint density at radius 3 is 2.71 bits per heavy atom. The van der Waals surface area contributed by atoms with Crippen molar-refractivity contribution < 1.29 is 23.0 Å². The molecule has 0 aliphatic heterocycles. The minimum atomic E-state index is -4.29. The Hall–Kier alpha value is -0.590. The molecule has 2 nitrogen and oxygen atoms in total. The number of ether oxygens (including phenoxy) is 1. The van der Waals surface area contributed by atoms with Gasteiger partial charge in [0.15, 0.2) is 0 Å². The summed E-state index contributed by atoms with van der Waals surface area (Å²) in [5, 5.41) is 11.5. The second-order valence-electron chi connectivity index (χ2n) is 3.73. The highest BCUT2D eigenvalue weighted by Crippen LogP contribution is 2.15. The number of hydrogen-bond acceptors (Lipinski definition) is 3. The van der Waals surface area contributed by atoms with Crippen molar-refractivity contribution in [3.8, 4) is 0 Å². The standard InChI is InChI=1S/C11H15F3O2S/c12-11(13,14)8-16-6-5-9(15)3-4-10-2-1-7-17-10/h1-2,7,9,15H,3-6,8H2. The zero-order valence-corrected chi connectivity index (χ0v) is 10.1. The number of aryl methyl sites for hydroxylation is 1. The van der Waals surface area contributed by atoms with Crippen LogP contribution in [0.4, 0.5) is 13.2 Å². The second kappa shape index (κ2) is 6.98. The smallest absolute Gasteiger partial charge is 0.393 e. The van der Waals surface area contributed by atoms with E-state index in [4.69, 9.17) is 0 Å². The largest absolute Gasteiger partial charge is 0.411 e. The minimum Gasteiger partial charge on any atom is -0.393 e. The lowest BCUT2D eigenvalue weighted by molar-refractivity contribution is -0.175. The summed E-state index contributed by atoms with van der Waals surface area (Å²) in [5.74, 6) is 0. The molecule has 1 rings (SSSR count). The molecule has 98 valence electrons. The zero-order chi connectivity index (χ0) is 12.7. The Kier molecular flexibility index (Phi) is 5.94. The van der Waals surface area contributed by atoms with E-state index in [1.807, 2.05) is 17.5 Å². The maximum atomic E-state index is 11.7. The van der Waals surface area contributed by atoms with Crippen molar-refractivity contribution in [2.45, 2.75) is 31.5 Å². The van der Waals surface area contributed by atoms with Gasteiger partial charge in [-0.2, -0.15) is 13.2 Å². The Morgan fingerprint density at radius 2 is 2.12 bits per heavy atom. The first-order valence-electron chi connectivity index (χ1n) is 5.32. The Labute approximate surface area is 102 Å². The van der Waals surface area contributed by atoms with Gasteiger partial charge < -0.3 is 9.84 Å². The molecule has 0 radical (unpaired) electrons. The summed E-state index contributed by atoms with van der Waals surface area (Å²) in [6.07, 6.45) is -3.36. The van der Waals surface area contributed by atoms with Crippen molar-refractivity contribution in [1.29, 1.82) is 0 Å². The fourth-order valence-corrected chi connectivity index (χ4v) is 2.04. The van der Waals surface area contributed by atoms with E-state index in [9.17, 15) is 18.3 Å². The van der Waals surface area contributed by atoms with Crippen molar-refractivity contribution in [1.82, 2.24) is 0 Å². The average molecular weight is 268 g/mol. The second-order valence-corrected chi connectivity index (χ2v) is 4.76. The summed E-state index contributed by atoms with van der Waals surface area (Å²) in [6, 6.07) is 3.90. The molecule has 0 spiro atoms. The van der Waals surface area contributed by atoms with E-state index in [0.717, 1.165) is 6.42 Å². The summed E-state index contributed by atoms with van der Waals surface area (Å²) in [7, 11) is 0. The van der Waals surface area contributed by atoms with Gasteiger partial charge in [-0.05, 0) is 30.7 Å². The van der Waals surface area contributed by atoms with Crippen LogP contribution in [0.15, 0.2) is 17.5 Å². The Morgan fingerprint density at radius 1 is 1.35 bits per heavy atom. The molecule has 0 bridgehead atoms. The lowest BCUT2D eigenvalue weighted by atomic mass is 10.1. The zero-order valence-electron chi connectivity index (χ0n) is 9.24. The average Bonchev–Trinajstić information content (AvgIpc) is 2.73. The molecule has 1 atom stereocenters. The maximum absolute atomic E-state index is 11.7. The van der Waals surface area contributed by atoms with Crippen molar-refractivity contribution in [3.05, 3.63) is 22.4 Å². The lowest BCUT2D eigenvalue weighted by Crippen LogP contribution is -2.19. The third kappa shape index (κ3) is 7.36. The van der Waals surface area contributed by atoms with Gasteiger partial charge in [0.25, 0.3) is 0 Å². The van der Waals surface area contributed by atoms with Gasteiger partial charge in [0, 0.05) is 11.5 Å². The first kappa shape index (κ1) is 14.5. The van der Waals surface area contributed by atoms with Crippen LogP contribution in [0.1, 0.15) is 17.7 Å². The molecule has 1 aromatic heterocycles. The summed E-state index contributed by atoms with van der Waals surface area (Å²) in [4.78, 5) is 1.17. The van der Waals surface area contributed by atoms with Gasteiger partial charge in [-0.3, -0.25) is 0 Å². The number of aliphatic hydroxyl groups excluding tert-OH is 1. The molecular formula is C11H15F3O2S. The normalized spacial score (nSPS) is 13.9. The first-order valence-corrected chi connectivity index (χ1v) is 6.20. The Bertz CT molecular complexity index is 298. The number of alkyl halides is 3. The molecule has 1 aromatic rings. The van der Waals surface area contributed by atoms with Crippen molar-refractivity contribution in [2.24, 2.45) is 0 Å². The summed E-state index contributed by atoms with van der Waals surface area (Å²) in [6.45, 7) is -1.31. The molecule has 0 aliphatic rings. The van der Waals surface area contributed by atoms with E-state index >= 15 is 0 Å². The quantitative estimate of drug-likeness (QED) is 0.770. The molecule has 17 heavy (non-hydrogen) atoms.